The van der Waals surface area contributed by atoms with Crippen LogP contribution >= 0.6 is 22.9 Å². The van der Waals surface area contributed by atoms with Gasteiger partial charge in [-0.05, 0) is 43.4 Å². The monoisotopic (exact) mass is 242 g/mol. The van der Waals surface area contributed by atoms with E-state index < -0.39 is 0 Å². The normalized spacial score (nSPS) is 20.9. The predicted octanol–water partition coefficient (Wildman–Crippen LogP) is 3.64. The summed E-state index contributed by atoms with van der Waals surface area (Å²) < 4.78 is 0. The Bertz CT molecular complexity index is 332. The topological polar surface area (TPSA) is 24.9 Å². The highest BCUT2D eigenvalue weighted by molar-refractivity contribution is 7.14. The third-order valence-corrected chi connectivity index (χ3v) is 4.54. The molecule has 2 aliphatic carbocycles. The van der Waals surface area contributed by atoms with E-state index in [-0.39, 0.29) is 0 Å². The van der Waals surface area contributed by atoms with Crippen LogP contribution in [0, 0.1) is 17.8 Å². The summed E-state index contributed by atoms with van der Waals surface area (Å²) in [6.45, 7) is 1.10. The summed E-state index contributed by atoms with van der Waals surface area (Å²) >= 11 is 7.39. The molecule has 82 valence electrons. The Morgan fingerprint density at radius 2 is 2.07 bits per heavy atom. The molecule has 2 nitrogen and oxygen atoms in total. The zero-order valence-corrected chi connectivity index (χ0v) is 10.2. The first-order valence-electron chi connectivity index (χ1n) is 5.68. The summed E-state index contributed by atoms with van der Waals surface area (Å²) in [5, 5.41) is 6.90. The van der Waals surface area contributed by atoms with Gasteiger partial charge in [0.15, 0.2) is 5.13 Å². The minimum atomic E-state index is 0.608. The van der Waals surface area contributed by atoms with Crippen LogP contribution < -0.4 is 5.32 Å². The summed E-state index contributed by atoms with van der Waals surface area (Å²) in [5.41, 5.74) is 0. The molecule has 0 radical (unpaired) electrons. The Morgan fingerprint density at radius 3 is 2.53 bits per heavy atom. The van der Waals surface area contributed by atoms with Crippen LogP contribution in [-0.4, -0.2) is 11.5 Å². The van der Waals surface area contributed by atoms with E-state index in [0.29, 0.717) is 5.15 Å². The van der Waals surface area contributed by atoms with Gasteiger partial charge in [-0.2, -0.15) is 0 Å². The van der Waals surface area contributed by atoms with Gasteiger partial charge in [-0.15, -0.1) is 11.3 Å². The third-order valence-electron chi connectivity index (χ3n) is 3.42. The number of aromatic nitrogens is 1. The average Bonchev–Trinajstić information content (AvgIpc) is 3.09. The van der Waals surface area contributed by atoms with Gasteiger partial charge in [0.25, 0.3) is 0 Å². The smallest absolute Gasteiger partial charge is 0.184 e. The maximum Gasteiger partial charge on any atom is 0.184 e. The molecular formula is C11H15ClN2S. The number of hydrogen-bond donors (Lipinski definition) is 1. The summed E-state index contributed by atoms with van der Waals surface area (Å²) in [6, 6.07) is 0. The maximum atomic E-state index is 5.78. The molecular weight excluding hydrogens is 228 g/mol. The highest BCUT2D eigenvalue weighted by Gasteiger charge is 2.41. The van der Waals surface area contributed by atoms with E-state index in [1.165, 1.54) is 25.7 Å². The molecule has 0 atom stereocenters. The van der Waals surface area contributed by atoms with Crippen molar-refractivity contribution in [1.82, 2.24) is 4.98 Å². The van der Waals surface area contributed by atoms with Crippen molar-refractivity contribution < 1.29 is 0 Å². The molecule has 4 heteroatoms. The Morgan fingerprint density at radius 1 is 1.40 bits per heavy atom. The zero-order valence-electron chi connectivity index (χ0n) is 8.58. The fraction of sp³-hybridized carbons (Fsp3) is 0.727. The second kappa shape index (κ2) is 3.95. The highest BCUT2D eigenvalue weighted by Crippen LogP contribution is 2.49. The summed E-state index contributed by atoms with van der Waals surface area (Å²) in [7, 11) is 0. The number of rotatable bonds is 5. The van der Waals surface area contributed by atoms with Crippen molar-refractivity contribution in [3.63, 3.8) is 0 Å². The van der Waals surface area contributed by atoms with Gasteiger partial charge in [-0.3, -0.25) is 0 Å². The first-order chi connectivity index (χ1) is 7.33. The molecule has 0 bridgehead atoms. The first kappa shape index (κ1) is 9.91. The molecule has 0 unspecified atom stereocenters. The lowest BCUT2D eigenvalue weighted by molar-refractivity contribution is 0.428. The number of halogens is 1. The van der Waals surface area contributed by atoms with E-state index in [4.69, 9.17) is 11.6 Å². The number of nitrogens with zero attached hydrogens (tertiary/aromatic N) is 1. The van der Waals surface area contributed by atoms with E-state index in [2.05, 4.69) is 10.3 Å². The molecule has 0 spiro atoms. The van der Waals surface area contributed by atoms with Crippen LogP contribution in [0.5, 0.6) is 0 Å². The second-order valence-electron chi connectivity index (χ2n) is 4.69. The summed E-state index contributed by atoms with van der Waals surface area (Å²) in [5.74, 6) is 2.90. The third kappa shape index (κ3) is 2.45. The van der Waals surface area contributed by atoms with Crippen molar-refractivity contribution in [1.29, 1.82) is 0 Å². The van der Waals surface area contributed by atoms with Crippen molar-refractivity contribution >= 4 is 28.1 Å². The molecule has 1 aromatic rings. The van der Waals surface area contributed by atoms with Gasteiger partial charge in [-0.25, -0.2) is 4.98 Å². The van der Waals surface area contributed by atoms with Crippen LogP contribution in [-0.2, 0) is 0 Å². The molecule has 2 fully saturated rings. The van der Waals surface area contributed by atoms with Gasteiger partial charge >= 0.3 is 0 Å². The van der Waals surface area contributed by atoms with Crippen molar-refractivity contribution in [3.8, 4) is 0 Å². The largest absolute Gasteiger partial charge is 0.361 e. The number of anilines is 1. The van der Waals surface area contributed by atoms with E-state index in [9.17, 15) is 0 Å². The van der Waals surface area contributed by atoms with Crippen LogP contribution in [0.3, 0.4) is 0 Å². The van der Waals surface area contributed by atoms with Crippen molar-refractivity contribution in [2.24, 2.45) is 17.8 Å². The second-order valence-corrected chi connectivity index (χ2v) is 5.94. The van der Waals surface area contributed by atoms with E-state index in [1.54, 1.807) is 11.3 Å². The molecule has 0 saturated heterocycles. The molecule has 2 saturated carbocycles. The van der Waals surface area contributed by atoms with Gasteiger partial charge in [0.1, 0.15) is 5.15 Å². The molecule has 0 aromatic carbocycles. The van der Waals surface area contributed by atoms with Gasteiger partial charge in [-0.1, -0.05) is 11.6 Å². The Balaban J connectivity index is 1.55. The number of hydrogen-bond acceptors (Lipinski definition) is 3. The first-order valence-corrected chi connectivity index (χ1v) is 6.93. The molecule has 1 N–H and O–H groups in total. The molecule has 1 aromatic heterocycles. The lowest BCUT2D eigenvalue weighted by atomic mass is 9.98. The van der Waals surface area contributed by atoms with Crippen LogP contribution in [0.1, 0.15) is 25.7 Å². The quantitative estimate of drug-likeness (QED) is 0.853. The van der Waals surface area contributed by atoms with Crippen LogP contribution in [0.15, 0.2) is 5.38 Å². The van der Waals surface area contributed by atoms with Crippen molar-refractivity contribution in [3.05, 3.63) is 10.5 Å². The predicted molar refractivity (Wildman–Crippen MR) is 64.6 cm³/mol. The molecule has 0 amide bonds. The molecule has 2 aliphatic rings. The molecule has 0 aliphatic heterocycles. The molecule has 1 heterocycles. The van der Waals surface area contributed by atoms with Crippen molar-refractivity contribution in [2.75, 3.05) is 11.9 Å². The van der Waals surface area contributed by atoms with Gasteiger partial charge < -0.3 is 5.32 Å². The standard InChI is InChI=1S/C11H15ClN2S/c12-10-6-15-11(14-10)13-5-9(7-1-2-7)8-3-4-8/h6-9H,1-5H2,(H,13,14). The fourth-order valence-corrected chi connectivity index (χ4v) is 3.16. The SMILES string of the molecule is Clc1csc(NCC(C2CC2)C2CC2)n1. The molecule has 3 rings (SSSR count). The maximum absolute atomic E-state index is 5.78. The summed E-state index contributed by atoms with van der Waals surface area (Å²) in [6.07, 6.45) is 5.78. The van der Waals surface area contributed by atoms with E-state index in [0.717, 1.165) is 29.4 Å². The van der Waals surface area contributed by atoms with Gasteiger partial charge in [0.2, 0.25) is 0 Å². The Kier molecular flexibility index (Phi) is 2.61. The van der Waals surface area contributed by atoms with Crippen LogP contribution in [0.2, 0.25) is 5.15 Å². The van der Waals surface area contributed by atoms with E-state index in [1.807, 2.05) is 5.38 Å². The fourth-order valence-electron chi connectivity index (χ4n) is 2.31. The van der Waals surface area contributed by atoms with Crippen LogP contribution in [0.25, 0.3) is 0 Å². The Hall–Kier alpha value is -0.280. The highest BCUT2D eigenvalue weighted by atomic mass is 35.5. The van der Waals surface area contributed by atoms with Crippen molar-refractivity contribution in [2.45, 2.75) is 25.7 Å². The lowest BCUT2D eigenvalue weighted by Crippen LogP contribution is -2.18. The minimum Gasteiger partial charge on any atom is -0.361 e. The average molecular weight is 243 g/mol. The zero-order chi connectivity index (χ0) is 10.3. The number of thiazole rings is 1. The molecule has 15 heavy (non-hydrogen) atoms. The minimum absolute atomic E-state index is 0.608. The number of nitrogens with one attached hydrogen (secondary N) is 1. The summed E-state index contributed by atoms with van der Waals surface area (Å²) in [4.78, 5) is 4.21. The van der Waals surface area contributed by atoms with Gasteiger partial charge in [0, 0.05) is 11.9 Å². The van der Waals surface area contributed by atoms with E-state index >= 15 is 0 Å². The lowest BCUT2D eigenvalue weighted by Gasteiger charge is -2.15. The Labute approximate surface area is 99.1 Å². The van der Waals surface area contributed by atoms with Crippen LogP contribution in [0.4, 0.5) is 5.13 Å². The van der Waals surface area contributed by atoms with Gasteiger partial charge in [0.05, 0.1) is 0 Å².